The Balaban J connectivity index is 3.30. The lowest BCUT2D eigenvalue weighted by atomic mass is 10.3. The molecule has 0 aliphatic rings. The smallest absolute Gasteiger partial charge is 0.309 e. The molecule has 0 rings (SSSR count). The van der Waals surface area contributed by atoms with Crippen LogP contribution in [0.5, 0.6) is 0 Å². The number of esters is 1. The number of hydrogen-bond donors (Lipinski definition) is 1. The van der Waals surface area contributed by atoms with Crippen LogP contribution in [0.4, 0.5) is 0 Å². The van der Waals surface area contributed by atoms with Crippen LogP contribution in [-0.2, 0) is 9.53 Å². The van der Waals surface area contributed by atoms with Gasteiger partial charge in [-0.3, -0.25) is 4.79 Å². The monoisotopic (exact) mass is 172 g/mol. The lowest BCUT2D eigenvalue weighted by molar-refractivity contribution is -0.142. The molecule has 3 nitrogen and oxygen atoms in total. The van der Waals surface area contributed by atoms with Gasteiger partial charge in [0.2, 0.25) is 0 Å². The summed E-state index contributed by atoms with van der Waals surface area (Å²) in [6.45, 7) is 2.57. The fraction of sp³-hybridized carbons (Fsp3) is 0.667. The lowest BCUT2D eigenvalue weighted by Gasteiger charge is -1.98. The van der Waals surface area contributed by atoms with E-state index in [4.69, 9.17) is 9.84 Å². The van der Waals surface area contributed by atoms with Gasteiger partial charge in [-0.2, -0.15) is 0 Å². The Bertz CT molecular complexity index is 141. The van der Waals surface area contributed by atoms with Gasteiger partial charge < -0.3 is 9.84 Å². The van der Waals surface area contributed by atoms with Crippen LogP contribution in [-0.4, -0.2) is 24.3 Å². The van der Waals surface area contributed by atoms with Crippen molar-refractivity contribution in [3.8, 4) is 0 Å². The maximum Gasteiger partial charge on any atom is 0.309 e. The maximum atomic E-state index is 10.8. The van der Waals surface area contributed by atoms with Gasteiger partial charge in [-0.15, -0.1) is 0 Å². The van der Waals surface area contributed by atoms with Crippen molar-refractivity contribution in [3.05, 3.63) is 12.2 Å². The van der Waals surface area contributed by atoms with E-state index in [2.05, 4.69) is 0 Å². The van der Waals surface area contributed by atoms with Crippen molar-refractivity contribution in [1.29, 1.82) is 0 Å². The van der Waals surface area contributed by atoms with Crippen LogP contribution in [0, 0.1) is 0 Å². The Morgan fingerprint density at radius 2 is 2.25 bits per heavy atom. The van der Waals surface area contributed by atoms with E-state index in [1.165, 1.54) is 0 Å². The standard InChI is InChI=1S/C9H16O3/c1-2-8-12-9(11)6-4-3-5-7-10/h3-4,10H,2,5-8H2,1H3/b4-3-. The average Bonchev–Trinajstić information content (AvgIpc) is 2.09. The quantitative estimate of drug-likeness (QED) is 0.484. The van der Waals surface area contributed by atoms with Gasteiger partial charge in [-0.05, 0) is 12.8 Å². The SMILES string of the molecule is CCCOC(=O)C/C=C\CCO. The second kappa shape index (κ2) is 8.27. The number of rotatable bonds is 6. The van der Waals surface area contributed by atoms with Crippen molar-refractivity contribution < 1.29 is 14.6 Å². The Hall–Kier alpha value is -0.830. The fourth-order valence-electron chi connectivity index (χ4n) is 0.647. The van der Waals surface area contributed by atoms with Gasteiger partial charge in [0.05, 0.1) is 13.0 Å². The molecule has 0 radical (unpaired) electrons. The highest BCUT2D eigenvalue weighted by Crippen LogP contribution is 1.91. The second-order valence-corrected chi connectivity index (χ2v) is 2.41. The van der Waals surface area contributed by atoms with Crippen LogP contribution in [0.1, 0.15) is 26.2 Å². The number of carbonyl (C=O) groups excluding carboxylic acids is 1. The third kappa shape index (κ3) is 7.28. The first-order valence-electron chi connectivity index (χ1n) is 4.22. The van der Waals surface area contributed by atoms with E-state index < -0.39 is 0 Å². The minimum Gasteiger partial charge on any atom is -0.465 e. The molecule has 0 amide bonds. The summed E-state index contributed by atoms with van der Waals surface area (Å²) in [5.41, 5.74) is 0. The summed E-state index contributed by atoms with van der Waals surface area (Å²) < 4.78 is 4.82. The molecule has 0 fully saturated rings. The van der Waals surface area contributed by atoms with Crippen molar-refractivity contribution in [2.75, 3.05) is 13.2 Å². The number of aliphatic hydroxyl groups excluding tert-OH is 1. The van der Waals surface area contributed by atoms with Crippen molar-refractivity contribution in [1.82, 2.24) is 0 Å². The van der Waals surface area contributed by atoms with E-state index in [9.17, 15) is 4.79 Å². The van der Waals surface area contributed by atoms with Crippen LogP contribution in [0.3, 0.4) is 0 Å². The highest BCUT2D eigenvalue weighted by Gasteiger charge is 1.96. The van der Waals surface area contributed by atoms with Gasteiger partial charge in [0.1, 0.15) is 0 Å². The van der Waals surface area contributed by atoms with E-state index in [0.29, 0.717) is 19.4 Å². The summed E-state index contributed by atoms with van der Waals surface area (Å²) in [7, 11) is 0. The molecule has 1 N–H and O–H groups in total. The third-order valence-corrected chi connectivity index (χ3v) is 1.21. The molecule has 0 aromatic carbocycles. The molecule has 3 heteroatoms. The first-order chi connectivity index (χ1) is 5.81. The van der Waals surface area contributed by atoms with Crippen LogP contribution >= 0.6 is 0 Å². The van der Waals surface area contributed by atoms with Crippen LogP contribution in [0.15, 0.2) is 12.2 Å². The van der Waals surface area contributed by atoms with E-state index in [0.717, 1.165) is 6.42 Å². The molecule has 0 unspecified atom stereocenters. The first kappa shape index (κ1) is 11.2. The van der Waals surface area contributed by atoms with E-state index in [1.807, 2.05) is 6.92 Å². The number of carbonyl (C=O) groups is 1. The number of ether oxygens (including phenoxy) is 1. The predicted octanol–water partition coefficient (Wildman–Crippen LogP) is 1.27. The normalized spacial score (nSPS) is 10.5. The minimum atomic E-state index is -0.203. The molecule has 0 saturated carbocycles. The van der Waals surface area contributed by atoms with Crippen molar-refractivity contribution >= 4 is 5.97 Å². The molecule has 0 heterocycles. The summed E-state index contributed by atoms with van der Waals surface area (Å²) in [5, 5.41) is 8.41. The minimum absolute atomic E-state index is 0.126. The summed E-state index contributed by atoms with van der Waals surface area (Å²) >= 11 is 0. The summed E-state index contributed by atoms with van der Waals surface area (Å²) in [6, 6.07) is 0. The molecule has 0 atom stereocenters. The topological polar surface area (TPSA) is 46.5 Å². The van der Waals surface area contributed by atoms with Gasteiger partial charge in [0.25, 0.3) is 0 Å². The van der Waals surface area contributed by atoms with Crippen LogP contribution in [0.2, 0.25) is 0 Å². The summed E-state index contributed by atoms with van der Waals surface area (Å²) in [5.74, 6) is -0.203. The summed E-state index contributed by atoms with van der Waals surface area (Å²) in [4.78, 5) is 10.8. The molecule has 70 valence electrons. The van der Waals surface area contributed by atoms with Gasteiger partial charge in [0, 0.05) is 6.61 Å². The Kier molecular flexibility index (Phi) is 7.70. The fourth-order valence-corrected chi connectivity index (χ4v) is 0.647. The lowest BCUT2D eigenvalue weighted by Crippen LogP contribution is -2.03. The van der Waals surface area contributed by atoms with Crippen molar-refractivity contribution in [2.45, 2.75) is 26.2 Å². The van der Waals surface area contributed by atoms with Gasteiger partial charge in [-0.1, -0.05) is 19.1 Å². The van der Waals surface area contributed by atoms with E-state index in [1.54, 1.807) is 12.2 Å². The Morgan fingerprint density at radius 1 is 1.50 bits per heavy atom. The zero-order valence-electron chi connectivity index (χ0n) is 7.45. The largest absolute Gasteiger partial charge is 0.465 e. The van der Waals surface area contributed by atoms with Crippen molar-refractivity contribution in [2.24, 2.45) is 0 Å². The molecule has 0 aliphatic heterocycles. The van der Waals surface area contributed by atoms with Gasteiger partial charge in [-0.25, -0.2) is 0 Å². The number of hydrogen-bond acceptors (Lipinski definition) is 3. The molecule has 0 aromatic heterocycles. The zero-order chi connectivity index (χ0) is 9.23. The number of aliphatic hydroxyl groups is 1. The molecule has 0 aromatic rings. The van der Waals surface area contributed by atoms with Crippen LogP contribution in [0.25, 0.3) is 0 Å². The molecule has 0 aliphatic carbocycles. The molecule has 0 bridgehead atoms. The zero-order valence-corrected chi connectivity index (χ0v) is 7.45. The first-order valence-corrected chi connectivity index (χ1v) is 4.22. The Morgan fingerprint density at radius 3 is 2.83 bits per heavy atom. The van der Waals surface area contributed by atoms with Crippen LogP contribution < -0.4 is 0 Å². The van der Waals surface area contributed by atoms with Crippen molar-refractivity contribution in [3.63, 3.8) is 0 Å². The average molecular weight is 172 g/mol. The molecule has 0 saturated heterocycles. The predicted molar refractivity (Wildman–Crippen MR) is 46.7 cm³/mol. The van der Waals surface area contributed by atoms with E-state index >= 15 is 0 Å². The van der Waals surface area contributed by atoms with Gasteiger partial charge >= 0.3 is 5.97 Å². The highest BCUT2D eigenvalue weighted by atomic mass is 16.5. The highest BCUT2D eigenvalue weighted by molar-refractivity contribution is 5.71. The molecule has 0 spiro atoms. The Labute approximate surface area is 73.0 Å². The molecular weight excluding hydrogens is 156 g/mol. The van der Waals surface area contributed by atoms with Gasteiger partial charge in [0.15, 0.2) is 0 Å². The maximum absolute atomic E-state index is 10.8. The third-order valence-electron chi connectivity index (χ3n) is 1.21. The molecule has 12 heavy (non-hydrogen) atoms. The molecular formula is C9H16O3. The summed E-state index contributed by atoms with van der Waals surface area (Å²) in [6.07, 6.45) is 5.24. The van der Waals surface area contributed by atoms with E-state index in [-0.39, 0.29) is 12.6 Å². The second-order valence-electron chi connectivity index (χ2n) is 2.41.